The van der Waals surface area contributed by atoms with Gasteiger partial charge in [0.1, 0.15) is 0 Å². The molecular weight excluding hydrogens is 200 g/mol. The van der Waals surface area contributed by atoms with Crippen molar-refractivity contribution in [2.24, 2.45) is 0 Å². The van der Waals surface area contributed by atoms with Crippen LogP contribution in [-0.2, 0) is 14.9 Å². The Kier molecular flexibility index (Phi) is 3.74. The molecule has 0 aliphatic heterocycles. The molecule has 2 nitrogen and oxygen atoms in total. The minimum absolute atomic E-state index is 0.103. The molecule has 0 saturated carbocycles. The summed E-state index contributed by atoms with van der Waals surface area (Å²) in [5.74, 6) is -0.390. The first-order chi connectivity index (χ1) is 7.36. The molecule has 16 heavy (non-hydrogen) atoms. The number of carbonyl (C=O) groups is 1. The van der Waals surface area contributed by atoms with E-state index in [1.165, 1.54) is 12.7 Å². The highest BCUT2D eigenvalue weighted by Crippen LogP contribution is 2.26. The number of hydrogen-bond acceptors (Lipinski definition) is 2. The molecule has 0 radical (unpaired) electrons. The minimum Gasteiger partial charge on any atom is -0.469 e. The van der Waals surface area contributed by atoms with Crippen LogP contribution in [0.2, 0.25) is 0 Å². The zero-order chi connectivity index (χ0) is 12.3. The number of rotatable bonds is 2. The molecule has 0 fully saturated rings. The fourth-order valence-electron chi connectivity index (χ4n) is 1.59. The topological polar surface area (TPSA) is 26.3 Å². The summed E-state index contributed by atoms with van der Waals surface area (Å²) in [7, 11) is 1.42. The molecule has 1 aromatic rings. The Hall–Kier alpha value is -1.31. The average molecular weight is 220 g/mol. The van der Waals surface area contributed by atoms with Crippen LogP contribution in [0.1, 0.15) is 44.7 Å². The quantitative estimate of drug-likeness (QED) is 0.715. The van der Waals surface area contributed by atoms with Crippen LogP contribution >= 0.6 is 0 Å². The molecule has 0 amide bonds. The molecule has 0 aliphatic rings. The third-order valence-electron chi connectivity index (χ3n) is 2.81. The second-order valence-electron chi connectivity index (χ2n) is 5.12. The summed E-state index contributed by atoms with van der Waals surface area (Å²) >= 11 is 0. The van der Waals surface area contributed by atoms with Gasteiger partial charge in [0, 0.05) is 0 Å². The molecule has 0 N–H and O–H groups in total. The van der Waals surface area contributed by atoms with E-state index in [2.05, 4.69) is 32.9 Å². The lowest BCUT2D eigenvalue weighted by molar-refractivity contribution is -0.141. The van der Waals surface area contributed by atoms with Gasteiger partial charge in [0.2, 0.25) is 0 Å². The summed E-state index contributed by atoms with van der Waals surface area (Å²) in [6.07, 6.45) is 0. The lowest BCUT2D eigenvalue weighted by Crippen LogP contribution is -2.14. The highest BCUT2D eigenvalue weighted by Gasteiger charge is 2.19. The van der Waals surface area contributed by atoms with Crippen LogP contribution in [0.3, 0.4) is 0 Å². The number of ether oxygens (including phenoxy) is 1. The predicted octanol–water partition coefficient (Wildman–Crippen LogP) is 3.26. The van der Waals surface area contributed by atoms with Crippen LogP contribution < -0.4 is 0 Å². The van der Waals surface area contributed by atoms with Crippen molar-refractivity contribution in [1.82, 2.24) is 0 Å². The first-order valence-electron chi connectivity index (χ1n) is 5.54. The largest absolute Gasteiger partial charge is 0.469 e. The summed E-state index contributed by atoms with van der Waals surface area (Å²) in [5.41, 5.74) is 2.35. The molecule has 1 rings (SSSR count). The zero-order valence-electron chi connectivity index (χ0n) is 10.7. The minimum atomic E-state index is -0.202. The number of esters is 1. The maximum Gasteiger partial charge on any atom is 0.312 e. The van der Waals surface area contributed by atoms with Gasteiger partial charge < -0.3 is 4.74 Å². The molecule has 2 heteroatoms. The third-order valence-corrected chi connectivity index (χ3v) is 2.81. The van der Waals surface area contributed by atoms with E-state index in [1.807, 2.05) is 19.1 Å². The van der Waals surface area contributed by atoms with Gasteiger partial charge in [-0.2, -0.15) is 0 Å². The van der Waals surface area contributed by atoms with Gasteiger partial charge in [0.15, 0.2) is 0 Å². The molecule has 0 spiro atoms. The van der Waals surface area contributed by atoms with E-state index in [1.54, 1.807) is 0 Å². The van der Waals surface area contributed by atoms with Gasteiger partial charge in [-0.1, -0.05) is 45.0 Å². The summed E-state index contributed by atoms with van der Waals surface area (Å²) in [6, 6.07) is 8.14. The van der Waals surface area contributed by atoms with Gasteiger partial charge >= 0.3 is 5.97 Å². The smallest absolute Gasteiger partial charge is 0.312 e. The summed E-state index contributed by atoms with van der Waals surface area (Å²) in [4.78, 5) is 11.5. The van der Waals surface area contributed by atoms with Gasteiger partial charge in [-0.25, -0.2) is 0 Å². The van der Waals surface area contributed by atoms with Crippen molar-refractivity contribution < 1.29 is 9.53 Å². The maximum absolute atomic E-state index is 11.5. The van der Waals surface area contributed by atoms with Crippen molar-refractivity contribution >= 4 is 5.97 Å². The fourth-order valence-corrected chi connectivity index (χ4v) is 1.59. The van der Waals surface area contributed by atoms with Crippen LogP contribution in [0.4, 0.5) is 0 Å². The van der Waals surface area contributed by atoms with E-state index < -0.39 is 0 Å². The highest BCUT2D eigenvalue weighted by atomic mass is 16.5. The Morgan fingerprint density at radius 1 is 1.31 bits per heavy atom. The van der Waals surface area contributed by atoms with Crippen LogP contribution in [0.5, 0.6) is 0 Å². The highest BCUT2D eigenvalue weighted by molar-refractivity contribution is 5.77. The zero-order valence-corrected chi connectivity index (χ0v) is 10.7. The van der Waals surface area contributed by atoms with E-state index in [0.717, 1.165) is 5.56 Å². The van der Waals surface area contributed by atoms with Crippen LogP contribution in [-0.4, -0.2) is 13.1 Å². The Morgan fingerprint density at radius 3 is 2.44 bits per heavy atom. The summed E-state index contributed by atoms with van der Waals surface area (Å²) in [5, 5.41) is 0. The van der Waals surface area contributed by atoms with Crippen molar-refractivity contribution in [3.8, 4) is 0 Å². The van der Waals surface area contributed by atoms with E-state index >= 15 is 0 Å². The molecule has 0 bridgehead atoms. The lowest BCUT2D eigenvalue weighted by atomic mass is 9.85. The van der Waals surface area contributed by atoms with Gasteiger partial charge in [-0.15, -0.1) is 0 Å². The average Bonchev–Trinajstić information content (AvgIpc) is 2.26. The standard InChI is InChI=1S/C14H20O2/c1-10(13(15)16-5)11-7-6-8-12(9-11)14(2,3)4/h6-10H,1-5H3. The molecule has 1 unspecified atom stereocenters. The molecule has 88 valence electrons. The number of benzene rings is 1. The summed E-state index contributed by atoms with van der Waals surface area (Å²) in [6.45, 7) is 8.35. The first-order valence-corrected chi connectivity index (χ1v) is 5.54. The molecular formula is C14H20O2. The first kappa shape index (κ1) is 12.8. The third kappa shape index (κ3) is 2.84. The number of carbonyl (C=O) groups excluding carboxylic acids is 1. The molecule has 0 aliphatic carbocycles. The Morgan fingerprint density at radius 2 is 1.94 bits per heavy atom. The SMILES string of the molecule is COC(=O)C(C)c1cccc(C(C)(C)C)c1. The number of hydrogen-bond donors (Lipinski definition) is 0. The second-order valence-corrected chi connectivity index (χ2v) is 5.12. The van der Waals surface area contributed by atoms with E-state index in [0.29, 0.717) is 0 Å². The fraction of sp³-hybridized carbons (Fsp3) is 0.500. The molecule has 0 saturated heterocycles. The van der Waals surface area contributed by atoms with E-state index in [4.69, 9.17) is 4.74 Å². The van der Waals surface area contributed by atoms with Gasteiger partial charge in [-0.05, 0) is 23.5 Å². The monoisotopic (exact) mass is 220 g/mol. The van der Waals surface area contributed by atoms with Crippen LogP contribution in [0, 0.1) is 0 Å². The van der Waals surface area contributed by atoms with Crippen molar-refractivity contribution in [3.05, 3.63) is 35.4 Å². The normalized spacial score (nSPS) is 13.3. The van der Waals surface area contributed by atoms with Crippen LogP contribution in [0.25, 0.3) is 0 Å². The maximum atomic E-state index is 11.5. The Bertz CT molecular complexity index is 375. The molecule has 1 aromatic carbocycles. The second kappa shape index (κ2) is 4.69. The van der Waals surface area contributed by atoms with Crippen molar-refractivity contribution in [2.45, 2.75) is 39.0 Å². The lowest BCUT2D eigenvalue weighted by Gasteiger charge is -2.20. The predicted molar refractivity (Wildman–Crippen MR) is 65.6 cm³/mol. The van der Waals surface area contributed by atoms with Crippen molar-refractivity contribution in [3.63, 3.8) is 0 Å². The van der Waals surface area contributed by atoms with E-state index in [9.17, 15) is 4.79 Å². The van der Waals surface area contributed by atoms with Gasteiger partial charge in [0.05, 0.1) is 13.0 Å². The van der Waals surface area contributed by atoms with Crippen LogP contribution in [0.15, 0.2) is 24.3 Å². The molecule has 0 heterocycles. The summed E-state index contributed by atoms with van der Waals surface area (Å²) < 4.78 is 4.75. The Balaban J connectivity index is 3.04. The van der Waals surface area contributed by atoms with Crippen molar-refractivity contribution in [1.29, 1.82) is 0 Å². The van der Waals surface area contributed by atoms with Gasteiger partial charge in [0.25, 0.3) is 0 Å². The van der Waals surface area contributed by atoms with Gasteiger partial charge in [-0.3, -0.25) is 4.79 Å². The van der Waals surface area contributed by atoms with E-state index in [-0.39, 0.29) is 17.3 Å². The molecule has 1 atom stereocenters. The number of methoxy groups -OCH3 is 1. The van der Waals surface area contributed by atoms with Crippen molar-refractivity contribution in [2.75, 3.05) is 7.11 Å². The molecule has 0 aromatic heterocycles. The Labute approximate surface area is 97.6 Å².